The van der Waals surface area contributed by atoms with E-state index in [4.69, 9.17) is 9.84 Å². The first kappa shape index (κ1) is 11.1. The van der Waals surface area contributed by atoms with Gasteiger partial charge in [0.1, 0.15) is 11.7 Å². The SMILES string of the molecule is CC(C(=O)O)c1ncc(C2CCOCC2)[nH]1. The Bertz CT molecular complexity index is 369. The molecular weight excluding hydrogens is 208 g/mol. The lowest BCUT2D eigenvalue weighted by Crippen LogP contribution is -2.14. The molecule has 88 valence electrons. The lowest BCUT2D eigenvalue weighted by atomic mass is 9.97. The fraction of sp³-hybridized carbons (Fsp3) is 0.636. The van der Waals surface area contributed by atoms with Crippen LogP contribution in [-0.4, -0.2) is 34.3 Å². The lowest BCUT2D eigenvalue weighted by molar-refractivity contribution is -0.138. The number of carboxylic acids is 1. The Labute approximate surface area is 93.8 Å². The van der Waals surface area contributed by atoms with Crippen LogP contribution in [0.1, 0.15) is 43.1 Å². The van der Waals surface area contributed by atoms with Crippen molar-refractivity contribution in [2.75, 3.05) is 13.2 Å². The normalized spacial score (nSPS) is 19.6. The molecule has 1 atom stereocenters. The average molecular weight is 224 g/mol. The summed E-state index contributed by atoms with van der Waals surface area (Å²) in [6.45, 7) is 3.18. The molecule has 2 heterocycles. The molecule has 5 heteroatoms. The summed E-state index contributed by atoms with van der Waals surface area (Å²) in [6.07, 6.45) is 3.71. The third kappa shape index (κ3) is 2.24. The largest absolute Gasteiger partial charge is 0.481 e. The standard InChI is InChI=1S/C11H16N2O3/c1-7(11(14)15)10-12-6-9(13-10)8-2-4-16-5-3-8/h6-8H,2-5H2,1H3,(H,12,13)(H,14,15). The van der Waals surface area contributed by atoms with Crippen LogP contribution in [0.15, 0.2) is 6.20 Å². The molecule has 5 nitrogen and oxygen atoms in total. The molecule has 1 aliphatic rings. The fourth-order valence-electron chi connectivity index (χ4n) is 1.90. The Kier molecular flexibility index (Phi) is 3.24. The second kappa shape index (κ2) is 4.65. The predicted molar refractivity (Wildman–Crippen MR) is 57.4 cm³/mol. The van der Waals surface area contributed by atoms with Crippen LogP contribution in [0, 0.1) is 0 Å². The van der Waals surface area contributed by atoms with Gasteiger partial charge in [0, 0.05) is 31.0 Å². The molecule has 0 amide bonds. The molecule has 0 aliphatic carbocycles. The molecule has 0 spiro atoms. The second-order valence-electron chi connectivity index (χ2n) is 4.17. The van der Waals surface area contributed by atoms with Gasteiger partial charge in [-0.25, -0.2) is 4.98 Å². The van der Waals surface area contributed by atoms with E-state index < -0.39 is 11.9 Å². The topological polar surface area (TPSA) is 75.2 Å². The molecule has 0 bridgehead atoms. The number of carboxylic acid groups (broad SMARTS) is 1. The summed E-state index contributed by atoms with van der Waals surface area (Å²) in [6, 6.07) is 0. The van der Waals surface area contributed by atoms with E-state index in [1.807, 2.05) is 0 Å². The van der Waals surface area contributed by atoms with Crippen LogP contribution in [0.2, 0.25) is 0 Å². The summed E-state index contributed by atoms with van der Waals surface area (Å²) in [5, 5.41) is 8.88. The Morgan fingerprint density at radius 2 is 2.31 bits per heavy atom. The van der Waals surface area contributed by atoms with Gasteiger partial charge in [0.05, 0.1) is 0 Å². The van der Waals surface area contributed by atoms with Crippen LogP contribution >= 0.6 is 0 Å². The molecule has 1 aliphatic heterocycles. The zero-order valence-electron chi connectivity index (χ0n) is 9.27. The van der Waals surface area contributed by atoms with Crippen molar-refractivity contribution in [3.8, 4) is 0 Å². The molecule has 1 fully saturated rings. The van der Waals surface area contributed by atoms with Gasteiger partial charge in [-0.15, -0.1) is 0 Å². The van der Waals surface area contributed by atoms with E-state index in [0.29, 0.717) is 11.7 Å². The van der Waals surface area contributed by atoms with Crippen molar-refractivity contribution in [3.63, 3.8) is 0 Å². The van der Waals surface area contributed by atoms with Crippen molar-refractivity contribution in [2.24, 2.45) is 0 Å². The highest BCUT2D eigenvalue weighted by atomic mass is 16.5. The second-order valence-corrected chi connectivity index (χ2v) is 4.17. The van der Waals surface area contributed by atoms with Crippen LogP contribution in [0.4, 0.5) is 0 Å². The lowest BCUT2D eigenvalue weighted by Gasteiger charge is -2.20. The third-order valence-corrected chi connectivity index (χ3v) is 3.06. The number of nitrogens with zero attached hydrogens (tertiary/aromatic N) is 1. The molecular formula is C11H16N2O3. The minimum Gasteiger partial charge on any atom is -0.481 e. The van der Waals surface area contributed by atoms with E-state index in [0.717, 1.165) is 31.7 Å². The van der Waals surface area contributed by atoms with Gasteiger partial charge in [-0.3, -0.25) is 4.79 Å². The van der Waals surface area contributed by atoms with E-state index in [9.17, 15) is 4.79 Å². The summed E-state index contributed by atoms with van der Waals surface area (Å²) in [5.41, 5.74) is 1.03. The minimum absolute atomic E-state index is 0.427. The number of aliphatic carboxylic acids is 1. The third-order valence-electron chi connectivity index (χ3n) is 3.06. The maximum absolute atomic E-state index is 10.8. The monoisotopic (exact) mass is 224 g/mol. The Hall–Kier alpha value is -1.36. The first-order valence-electron chi connectivity index (χ1n) is 5.54. The maximum Gasteiger partial charge on any atom is 0.313 e. The number of aromatic amines is 1. The molecule has 1 unspecified atom stereocenters. The number of rotatable bonds is 3. The molecule has 0 radical (unpaired) electrons. The Morgan fingerprint density at radius 3 is 2.94 bits per heavy atom. The maximum atomic E-state index is 10.8. The summed E-state index contributed by atoms with van der Waals surface area (Å²) < 4.78 is 5.29. The van der Waals surface area contributed by atoms with E-state index in [1.165, 1.54) is 0 Å². The van der Waals surface area contributed by atoms with Gasteiger partial charge in [0.2, 0.25) is 0 Å². The molecule has 16 heavy (non-hydrogen) atoms. The first-order valence-corrected chi connectivity index (χ1v) is 5.54. The predicted octanol–water partition coefficient (Wildman–Crippen LogP) is 1.49. The number of carbonyl (C=O) groups is 1. The van der Waals surface area contributed by atoms with Gasteiger partial charge in [0.15, 0.2) is 0 Å². The Balaban J connectivity index is 2.09. The molecule has 1 saturated heterocycles. The summed E-state index contributed by atoms with van der Waals surface area (Å²) in [7, 11) is 0. The number of aromatic nitrogens is 2. The first-order chi connectivity index (χ1) is 7.68. The molecule has 1 aromatic rings. The van der Waals surface area contributed by atoms with Crippen LogP contribution in [0.25, 0.3) is 0 Å². The van der Waals surface area contributed by atoms with Gasteiger partial charge >= 0.3 is 5.97 Å². The van der Waals surface area contributed by atoms with Crippen LogP contribution in [0.3, 0.4) is 0 Å². The van der Waals surface area contributed by atoms with Gasteiger partial charge < -0.3 is 14.8 Å². The van der Waals surface area contributed by atoms with Crippen LogP contribution < -0.4 is 0 Å². The van der Waals surface area contributed by atoms with Gasteiger partial charge in [-0.2, -0.15) is 0 Å². The highest BCUT2D eigenvalue weighted by Gasteiger charge is 2.21. The number of H-pyrrole nitrogens is 1. The number of hydrogen-bond donors (Lipinski definition) is 2. The molecule has 0 saturated carbocycles. The average Bonchev–Trinajstić information content (AvgIpc) is 2.78. The fourth-order valence-corrected chi connectivity index (χ4v) is 1.90. The molecule has 2 rings (SSSR count). The number of hydrogen-bond acceptors (Lipinski definition) is 3. The van der Waals surface area contributed by atoms with Gasteiger partial charge in [0.25, 0.3) is 0 Å². The van der Waals surface area contributed by atoms with Crippen molar-refractivity contribution in [1.29, 1.82) is 0 Å². The molecule has 0 aromatic carbocycles. The van der Waals surface area contributed by atoms with Crippen molar-refractivity contribution in [2.45, 2.75) is 31.6 Å². The highest BCUT2D eigenvalue weighted by molar-refractivity contribution is 5.74. The summed E-state index contributed by atoms with van der Waals surface area (Å²) in [5.74, 6) is -0.466. The highest BCUT2D eigenvalue weighted by Crippen LogP contribution is 2.26. The van der Waals surface area contributed by atoms with E-state index >= 15 is 0 Å². The van der Waals surface area contributed by atoms with Crippen LogP contribution in [-0.2, 0) is 9.53 Å². The van der Waals surface area contributed by atoms with Gasteiger partial charge in [-0.05, 0) is 19.8 Å². The molecule has 1 aromatic heterocycles. The number of ether oxygens (including phenoxy) is 1. The van der Waals surface area contributed by atoms with Crippen molar-refractivity contribution in [1.82, 2.24) is 9.97 Å². The van der Waals surface area contributed by atoms with Crippen LogP contribution in [0.5, 0.6) is 0 Å². The van der Waals surface area contributed by atoms with E-state index in [1.54, 1.807) is 13.1 Å². The number of imidazole rings is 1. The van der Waals surface area contributed by atoms with E-state index in [2.05, 4.69) is 9.97 Å². The number of nitrogens with one attached hydrogen (secondary N) is 1. The summed E-state index contributed by atoms with van der Waals surface area (Å²) in [4.78, 5) is 18.1. The quantitative estimate of drug-likeness (QED) is 0.815. The van der Waals surface area contributed by atoms with Crippen molar-refractivity contribution < 1.29 is 14.6 Å². The zero-order valence-corrected chi connectivity index (χ0v) is 9.27. The molecule has 2 N–H and O–H groups in total. The smallest absolute Gasteiger partial charge is 0.313 e. The van der Waals surface area contributed by atoms with E-state index in [-0.39, 0.29) is 0 Å². The van der Waals surface area contributed by atoms with Crippen molar-refractivity contribution >= 4 is 5.97 Å². The van der Waals surface area contributed by atoms with Gasteiger partial charge in [-0.1, -0.05) is 0 Å². The van der Waals surface area contributed by atoms with Crippen molar-refractivity contribution in [3.05, 3.63) is 17.7 Å². The zero-order chi connectivity index (χ0) is 11.5. The minimum atomic E-state index is -0.854. The Morgan fingerprint density at radius 1 is 1.62 bits per heavy atom. The summed E-state index contributed by atoms with van der Waals surface area (Å²) >= 11 is 0.